The quantitative estimate of drug-likeness (QED) is 0.633. The molecule has 2 rings (SSSR count). The van der Waals surface area contributed by atoms with Gasteiger partial charge in [-0.15, -0.1) is 11.8 Å². The number of hydrogen-bond donors (Lipinski definition) is 1. The van der Waals surface area contributed by atoms with Gasteiger partial charge in [0.2, 0.25) is 0 Å². The fourth-order valence-electron chi connectivity index (χ4n) is 1.98. The van der Waals surface area contributed by atoms with Crippen molar-refractivity contribution in [1.82, 2.24) is 0 Å². The van der Waals surface area contributed by atoms with E-state index < -0.39 is 0 Å². The predicted molar refractivity (Wildman–Crippen MR) is 78.1 cm³/mol. The summed E-state index contributed by atoms with van der Waals surface area (Å²) in [6.07, 6.45) is 7.03. The first-order valence-electron chi connectivity index (χ1n) is 5.80. The minimum Gasteiger partial charge on any atom is -0.399 e. The number of rotatable bonds is 3. The van der Waals surface area contributed by atoms with Crippen molar-refractivity contribution < 1.29 is 0 Å². The standard InChI is InChI=1S/C15H17NS/c1-3-5-6-13-11(4-2)10-17-15-8-7-12(16)9-14(13)15/h3,5-9H,1,4,10,16H2,2H3/b6-5-. The van der Waals surface area contributed by atoms with E-state index in [-0.39, 0.29) is 0 Å². The second-order valence-electron chi connectivity index (χ2n) is 4.01. The largest absolute Gasteiger partial charge is 0.399 e. The van der Waals surface area contributed by atoms with Crippen molar-refractivity contribution in [2.75, 3.05) is 11.5 Å². The molecule has 0 bridgehead atoms. The fraction of sp³-hybridized carbons (Fsp3) is 0.200. The molecule has 0 saturated carbocycles. The van der Waals surface area contributed by atoms with Crippen molar-refractivity contribution in [2.45, 2.75) is 18.2 Å². The molecule has 0 aliphatic carbocycles. The second kappa shape index (κ2) is 5.28. The normalized spacial score (nSPS) is 15.1. The molecule has 0 unspecified atom stereocenters. The summed E-state index contributed by atoms with van der Waals surface area (Å²) in [4.78, 5) is 1.32. The first-order chi connectivity index (χ1) is 8.26. The first-order valence-corrected chi connectivity index (χ1v) is 6.78. The zero-order chi connectivity index (χ0) is 12.3. The number of nitrogen functional groups attached to an aromatic ring is 1. The zero-order valence-electron chi connectivity index (χ0n) is 10.1. The van der Waals surface area contributed by atoms with Gasteiger partial charge in [0.25, 0.3) is 0 Å². The number of hydrogen-bond acceptors (Lipinski definition) is 2. The summed E-state index contributed by atoms with van der Waals surface area (Å²) in [7, 11) is 0. The third-order valence-electron chi connectivity index (χ3n) is 2.90. The van der Waals surface area contributed by atoms with E-state index >= 15 is 0 Å². The molecule has 0 spiro atoms. The SMILES string of the molecule is C=C/C=C\C1=C(CC)CSc2ccc(N)cc21. The number of benzene rings is 1. The topological polar surface area (TPSA) is 26.0 Å². The van der Waals surface area contributed by atoms with Crippen LogP contribution in [0.1, 0.15) is 18.9 Å². The Morgan fingerprint density at radius 2 is 2.29 bits per heavy atom. The summed E-state index contributed by atoms with van der Waals surface area (Å²) in [6.45, 7) is 5.93. The minimum absolute atomic E-state index is 0.825. The smallest absolute Gasteiger partial charge is 0.0321 e. The lowest BCUT2D eigenvalue weighted by Gasteiger charge is -2.21. The highest BCUT2D eigenvalue weighted by Crippen LogP contribution is 2.39. The van der Waals surface area contributed by atoms with Crippen molar-refractivity contribution in [3.8, 4) is 0 Å². The summed E-state index contributed by atoms with van der Waals surface area (Å²) in [5.74, 6) is 1.07. The molecule has 0 amide bonds. The van der Waals surface area contributed by atoms with Gasteiger partial charge >= 0.3 is 0 Å². The fourth-order valence-corrected chi connectivity index (χ4v) is 3.16. The highest BCUT2D eigenvalue weighted by molar-refractivity contribution is 7.99. The van der Waals surface area contributed by atoms with Gasteiger partial charge in [0.1, 0.15) is 0 Å². The van der Waals surface area contributed by atoms with Crippen LogP contribution >= 0.6 is 11.8 Å². The highest BCUT2D eigenvalue weighted by atomic mass is 32.2. The Labute approximate surface area is 107 Å². The van der Waals surface area contributed by atoms with E-state index in [4.69, 9.17) is 5.73 Å². The maximum atomic E-state index is 5.88. The Morgan fingerprint density at radius 3 is 3.00 bits per heavy atom. The van der Waals surface area contributed by atoms with Gasteiger partial charge in [-0.25, -0.2) is 0 Å². The van der Waals surface area contributed by atoms with E-state index in [2.05, 4.69) is 31.7 Å². The van der Waals surface area contributed by atoms with Crippen LogP contribution in [0.4, 0.5) is 5.69 Å². The van der Waals surface area contributed by atoms with Crippen LogP contribution in [0.25, 0.3) is 5.57 Å². The molecular weight excluding hydrogens is 226 g/mol. The van der Waals surface area contributed by atoms with Gasteiger partial charge in [0.05, 0.1) is 0 Å². The average molecular weight is 243 g/mol. The molecule has 88 valence electrons. The van der Waals surface area contributed by atoms with E-state index in [1.54, 1.807) is 0 Å². The number of nitrogens with two attached hydrogens (primary N) is 1. The Balaban J connectivity index is 2.56. The van der Waals surface area contributed by atoms with E-state index in [0.29, 0.717) is 0 Å². The van der Waals surface area contributed by atoms with E-state index in [0.717, 1.165) is 17.9 Å². The Kier molecular flexibility index (Phi) is 3.75. The molecule has 1 nitrogen and oxygen atoms in total. The molecule has 2 heteroatoms. The third-order valence-corrected chi connectivity index (χ3v) is 4.06. The number of anilines is 1. The maximum absolute atomic E-state index is 5.88. The van der Waals surface area contributed by atoms with Crippen LogP contribution in [0.5, 0.6) is 0 Å². The van der Waals surface area contributed by atoms with Gasteiger partial charge in [-0.05, 0) is 35.8 Å². The molecule has 0 fully saturated rings. The number of thioether (sulfide) groups is 1. The van der Waals surface area contributed by atoms with Crippen molar-refractivity contribution in [2.24, 2.45) is 0 Å². The van der Waals surface area contributed by atoms with Crippen LogP contribution in [0.2, 0.25) is 0 Å². The molecular formula is C15H17NS. The van der Waals surface area contributed by atoms with Crippen molar-refractivity contribution in [3.05, 3.63) is 54.1 Å². The lowest BCUT2D eigenvalue weighted by molar-refractivity contribution is 1.10. The minimum atomic E-state index is 0.825. The molecule has 0 saturated heterocycles. The predicted octanol–water partition coefficient (Wildman–Crippen LogP) is 4.28. The van der Waals surface area contributed by atoms with Crippen molar-refractivity contribution in [1.29, 1.82) is 0 Å². The van der Waals surface area contributed by atoms with E-state index in [9.17, 15) is 0 Å². The average Bonchev–Trinajstić information content (AvgIpc) is 2.35. The first kappa shape index (κ1) is 12.1. The Bertz CT molecular complexity index is 498. The summed E-state index contributed by atoms with van der Waals surface area (Å²) in [5, 5.41) is 0. The summed E-state index contributed by atoms with van der Waals surface area (Å²) in [6, 6.07) is 6.15. The van der Waals surface area contributed by atoms with Gasteiger partial charge in [-0.2, -0.15) is 0 Å². The maximum Gasteiger partial charge on any atom is 0.0321 e. The molecule has 1 aromatic rings. The van der Waals surface area contributed by atoms with Crippen molar-refractivity contribution >= 4 is 23.0 Å². The zero-order valence-corrected chi connectivity index (χ0v) is 10.9. The Hall–Kier alpha value is -1.41. The van der Waals surface area contributed by atoms with Gasteiger partial charge < -0.3 is 5.73 Å². The van der Waals surface area contributed by atoms with Crippen LogP contribution in [-0.2, 0) is 0 Å². The molecule has 17 heavy (non-hydrogen) atoms. The summed E-state index contributed by atoms with van der Waals surface area (Å²) in [5.41, 5.74) is 10.8. The van der Waals surface area contributed by atoms with Crippen LogP contribution in [0, 0.1) is 0 Å². The third kappa shape index (κ3) is 2.47. The lowest BCUT2D eigenvalue weighted by atomic mass is 9.97. The van der Waals surface area contributed by atoms with Gasteiger partial charge in [0, 0.05) is 16.3 Å². The van der Waals surface area contributed by atoms with Crippen molar-refractivity contribution in [3.63, 3.8) is 0 Å². The van der Waals surface area contributed by atoms with E-state index in [1.807, 2.05) is 30.0 Å². The highest BCUT2D eigenvalue weighted by Gasteiger charge is 2.16. The summed E-state index contributed by atoms with van der Waals surface area (Å²) >= 11 is 1.89. The molecule has 0 radical (unpaired) electrons. The molecule has 1 heterocycles. The van der Waals surface area contributed by atoms with Gasteiger partial charge in [-0.3, -0.25) is 0 Å². The molecule has 1 aliphatic rings. The Morgan fingerprint density at radius 1 is 1.47 bits per heavy atom. The van der Waals surface area contributed by atoms with Crippen LogP contribution in [0.3, 0.4) is 0 Å². The van der Waals surface area contributed by atoms with Crippen LogP contribution in [-0.4, -0.2) is 5.75 Å². The van der Waals surface area contributed by atoms with Crippen LogP contribution in [0.15, 0.2) is 53.5 Å². The molecule has 1 aromatic carbocycles. The molecule has 0 aromatic heterocycles. The molecule has 0 atom stereocenters. The van der Waals surface area contributed by atoms with Gasteiger partial charge in [-0.1, -0.05) is 37.3 Å². The monoisotopic (exact) mass is 243 g/mol. The lowest BCUT2D eigenvalue weighted by Crippen LogP contribution is -2.01. The van der Waals surface area contributed by atoms with E-state index in [1.165, 1.54) is 21.6 Å². The second-order valence-corrected chi connectivity index (χ2v) is 5.03. The molecule has 2 N–H and O–H groups in total. The van der Waals surface area contributed by atoms with Gasteiger partial charge in [0.15, 0.2) is 0 Å². The summed E-state index contributed by atoms with van der Waals surface area (Å²) < 4.78 is 0. The number of allylic oxidation sites excluding steroid dienone is 4. The number of fused-ring (bicyclic) bond motifs is 1. The van der Waals surface area contributed by atoms with Crippen LogP contribution < -0.4 is 5.73 Å². The molecule has 1 aliphatic heterocycles.